The molecule has 1 atom stereocenters. The Hall–Kier alpha value is -4.00. The van der Waals surface area contributed by atoms with Crippen LogP contribution in [0.5, 0.6) is 5.75 Å². The summed E-state index contributed by atoms with van der Waals surface area (Å²) in [5, 5.41) is 15.2. The Morgan fingerprint density at radius 2 is 1.71 bits per heavy atom. The monoisotopic (exact) mass is 415 g/mol. The molecule has 1 aliphatic rings. The second-order valence-corrected chi connectivity index (χ2v) is 7.38. The van der Waals surface area contributed by atoms with Crippen LogP contribution in [-0.2, 0) is 10.2 Å². The minimum atomic E-state index is -0.521. The molecule has 4 rings (SSSR count). The third-order valence-corrected chi connectivity index (χ3v) is 5.64. The van der Waals surface area contributed by atoms with Gasteiger partial charge in [-0.1, -0.05) is 60.7 Å². The zero-order valence-corrected chi connectivity index (χ0v) is 16.9. The van der Waals surface area contributed by atoms with Crippen LogP contribution in [0.4, 0.5) is 5.69 Å². The topological polar surface area (TPSA) is 93.8 Å². The average molecular weight is 415 g/mol. The summed E-state index contributed by atoms with van der Waals surface area (Å²) in [6.45, 7) is 0. The van der Waals surface area contributed by atoms with E-state index in [-0.39, 0.29) is 28.7 Å². The van der Waals surface area contributed by atoms with Gasteiger partial charge in [-0.05, 0) is 29.7 Å². The van der Waals surface area contributed by atoms with Crippen LogP contribution in [0.15, 0.2) is 84.0 Å². The summed E-state index contributed by atoms with van der Waals surface area (Å²) in [5.41, 5.74) is 4.73. The molecule has 3 aromatic carbocycles. The third-order valence-electron chi connectivity index (χ3n) is 5.64. The van der Waals surface area contributed by atoms with Gasteiger partial charge < -0.3 is 4.74 Å². The Morgan fingerprint density at radius 1 is 1.10 bits per heavy atom. The number of nitrogens with zero attached hydrogens (tertiary/aromatic N) is 2. The highest BCUT2D eigenvalue weighted by molar-refractivity contribution is 5.88. The summed E-state index contributed by atoms with van der Waals surface area (Å²) in [7, 11) is 1.37. The SMILES string of the molecule is COc1ccc(/C=N/NC(=O)C2CC2(c2ccccc2)c2ccccc2)cc1[N+](=O)[O-]. The quantitative estimate of drug-likeness (QED) is 0.358. The summed E-state index contributed by atoms with van der Waals surface area (Å²) >= 11 is 0. The van der Waals surface area contributed by atoms with Crippen molar-refractivity contribution >= 4 is 17.8 Å². The van der Waals surface area contributed by atoms with Crippen molar-refractivity contribution < 1.29 is 14.5 Å². The highest BCUT2D eigenvalue weighted by Crippen LogP contribution is 2.58. The van der Waals surface area contributed by atoms with Crippen LogP contribution in [0, 0.1) is 16.0 Å². The van der Waals surface area contributed by atoms with Crippen molar-refractivity contribution in [3.63, 3.8) is 0 Å². The first-order valence-electron chi connectivity index (χ1n) is 9.82. The maximum absolute atomic E-state index is 12.9. The first kappa shape index (κ1) is 20.3. The van der Waals surface area contributed by atoms with Gasteiger partial charge in [-0.15, -0.1) is 0 Å². The number of carbonyl (C=O) groups excluding carboxylic acids is 1. The molecule has 1 amide bonds. The van der Waals surface area contributed by atoms with E-state index < -0.39 is 4.92 Å². The highest BCUT2D eigenvalue weighted by Gasteiger charge is 2.60. The van der Waals surface area contributed by atoms with Crippen molar-refractivity contribution in [2.45, 2.75) is 11.8 Å². The molecule has 1 aliphatic carbocycles. The molecule has 1 unspecified atom stereocenters. The van der Waals surface area contributed by atoms with Crippen molar-refractivity contribution in [1.82, 2.24) is 5.43 Å². The maximum atomic E-state index is 12.9. The Balaban J connectivity index is 1.52. The van der Waals surface area contributed by atoms with Crippen LogP contribution in [0.1, 0.15) is 23.1 Å². The molecule has 1 saturated carbocycles. The molecule has 31 heavy (non-hydrogen) atoms. The zero-order valence-electron chi connectivity index (χ0n) is 16.9. The van der Waals surface area contributed by atoms with E-state index in [9.17, 15) is 14.9 Å². The fourth-order valence-electron chi connectivity index (χ4n) is 4.03. The molecule has 7 nitrogen and oxygen atoms in total. The predicted octanol–water partition coefficient (Wildman–Crippen LogP) is 4.06. The fraction of sp³-hybridized carbons (Fsp3) is 0.167. The molecule has 1 N–H and O–H groups in total. The number of ether oxygens (including phenoxy) is 1. The van der Waals surface area contributed by atoms with Crippen molar-refractivity contribution in [2.24, 2.45) is 11.0 Å². The lowest BCUT2D eigenvalue weighted by molar-refractivity contribution is -0.385. The van der Waals surface area contributed by atoms with E-state index in [1.54, 1.807) is 6.07 Å². The Kier molecular flexibility index (Phi) is 5.49. The highest BCUT2D eigenvalue weighted by atomic mass is 16.6. The van der Waals surface area contributed by atoms with Gasteiger partial charge in [0.1, 0.15) is 0 Å². The number of hydrogen-bond acceptors (Lipinski definition) is 5. The number of amides is 1. The summed E-state index contributed by atoms with van der Waals surface area (Å²) < 4.78 is 5.00. The molecule has 0 heterocycles. The molecule has 3 aromatic rings. The van der Waals surface area contributed by atoms with Gasteiger partial charge in [-0.3, -0.25) is 14.9 Å². The lowest BCUT2D eigenvalue weighted by atomic mass is 9.85. The smallest absolute Gasteiger partial charge is 0.311 e. The molecule has 0 aliphatic heterocycles. The standard InChI is InChI=1S/C24H21N3O4/c1-31-22-13-12-17(14-21(22)27(29)30)16-25-26-23(28)20-15-24(20,18-8-4-2-5-9-18)19-10-6-3-7-11-19/h2-14,16,20H,15H2,1H3,(H,26,28)/b25-16+. The first-order valence-corrected chi connectivity index (χ1v) is 9.82. The lowest BCUT2D eigenvalue weighted by Gasteiger charge is -2.18. The molecule has 0 aromatic heterocycles. The van der Waals surface area contributed by atoms with Gasteiger partial charge in [0.25, 0.3) is 0 Å². The number of hydrazone groups is 1. The first-order chi connectivity index (χ1) is 15.1. The van der Waals surface area contributed by atoms with E-state index in [0.717, 1.165) is 11.1 Å². The van der Waals surface area contributed by atoms with E-state index in [0.29, 0.717) is 12.0 Å². The van der Waals surface area contributed by atoms with Crippen molar-refractivity contribution in [3.8, 4) is 5.75 Å². The number of rotatable bonds is 7. The summed E-state index contributed by atoms with van der Waals surface area (Å²) in [6.07, 6.45) is 2.08. The third kappa shape index (κ3) is 3.90. The van der Waals surface area contributed by atoms with Crippen LogP contribution in [-0.4, -0.2) is 24.2 Å². The van der Waals surface area contributed by atoms with Gasteiger partial charge in [-0.2, -0.15) is 5.10 Å². The molecule has 0 saturated heterocycles. The number of nitrogens with one attached hydrogen (secondary N) is 1. The molecule has 0 bridgehead atoms. The maximum Gasteiger partial charge on any atom is 0.311 e. The number of methoxy groups -OCH3 is 1. The number of benzene rings is 3. The molecule has 1 fully saturated rings. The molecule has 0 radical (unpaired) electrons. The number of nitro benzene ring substituents is 1. The molecule has 0 spiro atoms. The summed E-state index contributed by atoms with van der Waals surface area (Å²) in [6, 6.07) is 24.5. The Bertz CT molecular complexity index is 1090. The number of hydrogen-bond donors (Lipinski definition) is 1. The van der Waals surface area contributed by atoms with Gasteiger partial charge in [0, 0.05) is 17.0 Å². The summed E-state index contributed by atoms with van der Waals surface area (Å²) in [4.78, 5) is 23.5. The van der Waals surface area contributed by atoms with Gasteiger partial charge in [0.2, 0.25) is 5.91 Å². The van der Waals surface area contributed by atoms with E-state index in [4.69, 9.17) is 4.74 Å². The molecule has 7 heteroatoms. The van der Waals surface area contributed by atoms with Crippen LogP contribution >= 0.6 is 0 Å². The minimum Gasteiger partial charge on any atom is -0.490 e. The summed E-state index contributed by atoms with van der Waals surface area (Å²) in [5.74, 6) is -0.272. The van der Waals surface area contributed by atoms with E-state index in [2.05, 4.69) is 10.5 Å². The molecule has 156 valence electrons. The van der Waals surface area contributed by atoms with Gasteiger partial charge in [0.05, 0.1) is 24.2 Å². The zero-order chi connectivity index (χ0) is 21.8. The van der Waals surface area contributed by atoms with E-state index in [1.807, 2.05) is 60.7 Å². The predicted molar refractivity (Wildman–Crippen MR) is 117 cm³/mol. The molecular formula is C24H21N3O4. The van der Waals surface area contributed by atoms with E-state index in [1.165, 1.54) is 25.5 Å². The second-order valence-electron chi connectivity index (χ2n) is 7.38. The van der Waals surface area contributed by atoms with Gasteiger partial charge in [0.15, 0.2) is 5.75 Å². The molecular weight excluding hydrogens is 394 g/mol. The number of carbonyl (C=O) groups is 1. The van der Waals surface area contributed by atoms with Crippen molar-refractivity contribution in [1.29, 1.82) is 0 Å². The average Bonchev–Trinajstić information content (AvgIpc) is 3.57. The van der Waals surface area contributed by atoms with Gasteiger partial charge in [-0.25, -0.2) is 5.43 Å². The Morgan fingerprint density at radius 3 is 2.26 bits per heavy atom. The normalized spacial score (nSPS) is 16.6. The van der Waals surface area contributed by atoms with Crippen molar-refractivity contribution in [2.75, 3.05) is 7.11 Å². The fourth-order valence-corrected chi connectivity index (χ4v) is 4.03. The van der Waals surface area contributed by atoms with Crippen LogP contribution in [0.3, 0.4) is 0 Å². The van der Waals surface area contributed by atoms with Crippen LogP contribution in [0.25, 0.3) is 0 Å². The van der Waals surface area contributed by atoms with Crippen molar-refractivity contribution in [3.05, 3.63) is 106 Å². The van der Waals surface area contributed by atoms with E-state index >= 15 is 0 Å². The van der Waals surface area contributed by atoms with Crippen LogP contribution < -0.4 is 10.2 Å². The minimum absolute atomic E-state index is 0.160. The second kappa shape index (κ2) is 8.39. The van der Waals surface area contributed by atoms with Gasteiger partial charge >= 0.3 is 5.69 Å². The largest absolute Gasteiger partial charge is 0.490 e. The lowest BCUT2D eigenvalue weighted by Crippen LogP contribution is -2.25. The van der Waals surface area contributed by atoms with Crippen LogP contribution in [0.2, 0.25) is 0 Å². The number of nitro groups is 1. The Labute approximate surface area is 179 Å².